The molecule has 0 aliphatic carbocycles. The zero-order chi connectivity index (χ0) is 23.2. The SMILES string of the molecule is CCCCc1ncc(-c2nnn[nH]2)c(NCc2ccc(-c3ccccc3-c3nnn[nH]3)cc2)n1. The number of rotatable bonds is 9. The molecular formula is C23H23N11. The van der Waals surface area contributed by atoms with Crippen LogP contribution in [0.5, 0.6) is 0 Å². The quantitative estimate of drug-likeness (QED) is 0.305. The maximum Gasteiger partial charge on any atom is 0.184 e. The Morgan fingerprint density at radius 3 is 2.21 bits per heavy atom. The van der Waals surface area contributed by atoms with Crippen LogP contribution in [0.3, 0.4) is 0 Å². The largest absolute Gasteiger partial charge is 0.365 e. The molecule has 0 saturated heterocycles. The summed E-state index contributed by atoms with van der Waals surface area (Å²) in [5, 5.41) is 31.9. The number of hydrogen-bond donors (Lipinski definition) is 3. The monoisotopic (exact) mass is 453 g/mol. The lowest BCUT2D eigenvalue weighted by atomic mass is 9.98. The van der Waals surface area contributed by atoms with Gasteiger partial charge in [0.15, 0.2) is 11.6 Å². The number of tetrazole rings is 2. The van der Waals surface area contributed by atoms with Gasteiger partial charge < -0.3 is 5.32 Å². The molecule has 0 bridgehead atoms. The minimum Gasteiger partial charge on any atom is -0.365 e. The third-order valence-corrected chi connectivity index (χ3v) is 5.45. The van der Waals surface area contributed by atoms with Gasteiger partial charge in [-0.15, -0.1) is 10.2 Å². The molecule has 0 saturated carbocycles. The molecule has 0 aliphatic rings. The summed E-state index contributed by atoms with van der Waals surface area (Å²) in [5.41, 5.74) is 4.92. The molecule has 11 nitrogen and oxygen atoms in total. The first-order chi connectivity index (χ1) is 16.8. The van der Waals surface area contributed by atoms with Crippen molar-refractivity contribution in [2.45, 2.75) is 32.7 Å². The molecule has 0 radical (unpaired) electrons. The fourth-order valence-corrected chi connectivity index (χ4v) is 3.66. The van der Waals surface area contributed by atoms with Crippen LogP contribution < -0.4 is 5.32 Å². The molecule has 3 aromatic heterocycles. The number of H-pyrrole nitrogens is 2. The summed E-state index contributed by atoms with van der Waals surface area (Å²) in [4.78, 5) is 9.21. The maximum atomic E-state index is 4.73. The number of nitrogens with one attached hydrogen (secondary N) is 3. The summed E-state index contributed by atoms with van der Waals surface area (Å²) in [7, 11) is 0. The summed E-state index contributed by atoms with van der Waals surface area (Å²) in [6, 6.07) is 16.4. The number of hydrogen-bond acceptors (Lipinski definition) is 9. The number of anilines is 1. The number of aryl methyl sites for hydroxylation is 1. The lowest BCUT2D eigenvalue weighted by Gasteiger charge is -2.12. The molecule has 11 heteroatoms. The molecule has 0 aliphatic heterocycles. The minimum absolute atomic E-state index is 0.526. The van der Waals surface area contributed by atoms with E-state index in [1.54, 1.807) is 6.20 Å². The smallest absolute Gasteiger partial charge is 0.184 e. The van der Waals surface area contributed by atoms with Gasteiger partial charge in [0, 0.05) is 24.7 Å². The van der Waals surface area contributed by atoms with Gasteiger partial charge in [0.05, 0.1) is 5.56 Å². The average Bonchev–Trinajstić information content (AvgIpc) is 3.62. The zero-order valence-corrected chi connectivity index (χ0v) is 18.6. The van der Waals surface area contributed by atoms with Crippen LogP contribution in [0.4, 0.5) is 5.82 Å². The van der Waals surface area contributed by atoms with Crippen molar-refractivity contribution in [3.05, 3.63) is 66.1 Å². The molecule has 34 heavy (non-hydrogen) atoms. The van der Waals surface area contributed by atoms with E-state index >= 15 is 0 Å². The molecular weight excluding hydrogens is 430 g/mol. The first kappa shape index (κ1) is 21.3. The minimum atomic E-state index is 0.526. The van der Waals surface area contributed by atoms with E-state index in [1.807, 2.05) is 18.2 Å². The predicted octanol–water partition coefficient (Wildman–Crippen LogP) is 3.46. The van der Waals surface area contributed by atoms with Gasteiger partial charge in [0.25, 0.3) is 0 Å². The van der Waals surface area contributed by atoms with Crippen molar-refractivity contribution in [3.8, 4) is 33.9 Å². The van der Waals surface area contributed by atoms with E-state index in [0.29, 0.717) is 24.0 Å². The number of aromatic amines is 2. The second kappa shape index (κ2) is 9.94. The molecule has 0 fully saturated rings. The molecule has 0 unspecified atom stereocenters. The van der Waals surface area contributed by atoms with Gasteiger partial charge >= 0.3 is 0 Å². The van der Waals surface area contributed by atoms with Crippen molar-refractivity contribution < 1.29 is 0 Å². The predicted molar refractivity (Wildman–Crippen MR) is 126 cm³/mol. The van der Waals surface area contributed by atoms with Crippen molar-refractivity contribution >= 4 is 5.82 Å². The number of nitrogens with zero attached hydrogens (tertiary/aromatic N) is 8. The van der Waals surface area contributed by atoms with E-state index in [4.69, 9.17) is 4.98 Å². The average molecular weight is 454 g/mol. The summed E-state index contributed by atoms with van der Waals surface area (Å²) in [6.45, 7) is 2.74. The number of aromatic nitrogens is 10. The number of benzene rings is 2. The van der Waals surface area contributed by atoms with Crippen LogP contribution in [-0.2, 0) is 13.0 Å². The Labute approximate surface area is 195 Å². The van der Waals surface area contributed by atoms with Gasteiger partial charge in [-0.3, -0.25) is 0 Å². The molecule has 0 atom stereocenters. The Morgan fingerprint density at radius 1 is 0.824 bits per heavy atom. The van der Waals surface area contributed by atoms with Crippen LogP contribution in [-0.4, -0.2) is 51.2 Å². The van der Waals surface area contributed by atoms with E-state index in [1.165, 1.54) is 0 Å². The Balaban J connectivity index is 1.36. The van der Waals surface area contributed by atoms with Crippen LogP contribution >= 0.6 is 0 Å². The highest BCUT2D eigenvalue weighted by atomic mass is 15.5. The van der Waals surface area contributed by atoms with Crippen LogP contribution in [0.2, 0.25) is 0 Å². The summed E-state index contributed by atoms with van der Waals surface area (Å²) >= 11 is 0. The molecule has 3 heterocycles. The second-order valence-electron chi connectivity index (χ2n) is 7.75. The zero-order valence-electron chi connectivity index (χ0n) is 18.6. The van der Waals surface area contributed by atoms with Gasteiger partial charge in [-0.05, 0) is 44.0 Å². The van der Waals surface area contributed by atoms with Crippen molar-refractivity contribution in [2.24, 2.45) is 0 Å². The summed E-state index contributed by atoms with van der Waals surface area (Å²) in [6.07, 6.45) is 4.72. The van der Waals surface area contributed by atoms with Gasteiger partial charge in [0.1, 0.15) is 11.6 Å². The molecule has 0 amide bonds. The third-order valence-electron chi connectivity index (χ3n) is 5.45. The molecule has 5 aromatic rings. The highest BCUT2D eigenvalue weighted by Gasteiger charge is 2.13. The second-order valence-corrected chi connectivity index (χ2v) is 7.75. The first-order valence-electron chi connectivity index (χ1n) is 11.1. The highest BCUT2D eigenvalue weighted by molar-refractivity contribution is 5.80. The molecule has 0 spiro atoms. The lowest BCUT2D eigenvalue weighted by Crippen LogP contribution is -2.07. The van der Waals surface area contributed by atoms with E-state index in [-0.39, 0.29) is 0 Å². The van der Waals surface area contributed by atoms with Crippen molar-refractivity contribution in [1.82, 2.24) is 51.2 Å². The van der Waals surface area contributed by atoms with Crippen LogP contribution in [0.1, 0.15) is 31.2 Å². The van der Waals surface area contributed by atoms with Gasteiger partial charge in [-0.2, -0.15) is 0 Å². The summed E-state index contributed by atoms with van der Waals surface area (Å²) < 4.78 is 0. The molecule has 5 rings (SSSR count). The molecule has 170 valence electrons. The normalized spacial score (nSPS) is 11.0. The summed E-state index contributed by atoms with van der Waals surface area (Å²) in [5.74, 6) is 2.66. The van der Waals surface area contributed by atoms with Gasteiger partial charge in [0.2, 0.25) is 0 Å². The lowest BCUT2D eigenvalue weighted by molar-refractivity contribution is 0.752. The fraction of sp³-hybridized carbons (Fsp3) is 0.217. The molecule has 2 aromatic carbocycles. The fourth-order valence-electron chi connectivity index (χ4n) is 3.66. The number of unbranched alkanes of at least 4 members (excludes halogenated alkanes) is 1. The van der Waals surface area contributed by atoms with E-state index < -0.39 is 0 Å². The van der Waals surface area contributed by atoms with E-state index in [2.05, 4.69) is 88.8 Å². The Hall–Kier alpha value is -4.54. The van der Waals surface area contributed by atoms with Gasteiger partial charge in [-0.1, -0.05) is 61.9 Å². The van der Waals surface area contributed by atoms with Crippen LogP contribution in [0, 0.1) is 0 Å². The third kappa shape index (κ3) is 4.63. The van der Waals surface area contributed by atoms with Crippen LogP contribution in [0.15, 0.2) is 54.7 Å². The van der Waals surface area contributed by atoms with E-state index in [0.717, 1.165) is 52.9 Å². The topological polar surface area (TPSA) is 147 Å². The maximum absolute atomic E-state index is 4.73. The standard InChI is InChI=1S/C23H23N11/c1-2-3-8-20-24-14-19(23-29-33-34-30-23)21(26-20)25-13-15-9-11-16(12-10-15)17-6-4-5-7-18(17)22-27-31-32-28-22/h4-7,9-12,14H,2-3,8,13H2,1H3,(H,24,25,26)(H,27,28,31,32)(H,29,30,33,34). The Morgan fingerprint density at radius 2 is 1.53 bits per heavy atom. The van der Waals surface area contributed by atoms with Crippen molar-refractivity contribution in [1.29, 1.82) is 0 Å². The first-order valence-corrected chi connectivity index (χ1v) is 11.1. The van der Waals surface area contributed by atoms with E-state index in [9.17, 15) is 0 Å². The van der Waals surface area contributed by atoms with Crippen molar-refractivity contribution in [2.75, 3.05) is 5.32 Å². The van der Waals surface area contributed by atoms with Gasteiger partial charge in [-0.25, -0.2) is 20.2 Å². The molecule has 3 N–H and O–H groups in total. The highest BCUT2D eigenvalue weighted by Crippen LogP contribution is 2.30. The Kier molecular flexibility index (Phi) is 6.23. The Bertz CT molecular complexity index is 1330. The van der Waals surface area contributed by atoms with Crippen molar-refractivity contribution in [3.63, 3.8) is 0 Å². The van der Waals surface area contributed by atoms with Crippen LogP contribution in [0.25, 0.3) is 33.9 Å².